The zero-order valence-electron chi connectivity index (χ0n) is 6.74. The van der Waals surface area contributed by atoms with Crippen LogP contribution in [0.2, 0.25) is 0 Å². The summed E-state index contributed by atoms with van der Waals surface area (Å²) in [7, 11) is 0. The Bertz CT molecular complexity index is 356. The van der Waals surface area contributed by atoms with E-state index in [9.17, 15) is 4.79 Å². The average Bonchev–Trinajstić information content (AvgIpc) is 2.16. The number of carbonyl (C=O) groups excluding carboxylic acids is 1. The molecule has 0 radical (unpaired) electrons. The monoisotopic (exact) mass is 286 g/mol. The summed E-state index contributed by atoms with van der Waals surface area (Å²) < 4.78 is 4.72. The Morgan fingerprint density at radius 1 is 1.31 bits per heavy atom. The molecule has 1 aromatic rings. The molecule has 1 unspecified atom stereocenters. The maximum absolute atomic E-state index is 10.9. The van der Waals surface area contributed by atoms with Gasteiger partial charge in [-0.1, -0.05) is 30.3 Å². The van der Waals surface area contributed by atoms with E-state index in [0.29, 0.717) is 0 Å². The standard InChI is InChI=1S/C10H7IO2/c11-9-8(10(12)13-9)6-7-4-2-1-3-5-7/h1-6,9H/b8-6-. The van der Waals surface area contributed by atoms with Gasteiger partial charge in [0.15, 0.2) is 4.11 Å². The summed E-state index contributed by atoms with van der Waals surface area (Å²) in [6.07, 6.45) is 1.86. The van der Waals surface area contributed by atoms with Crippen LogP contribution in [0.3, 0.4) is 0 Å². The molecule has 0 aromatic heterocycles. The molecule has 0 bridgehead atoms. The summed E-state index contributed by atoms with van der Waals surface area (Å²) in [5, 5.41) is 0. The van der Waals surface area contributed by atoms with Crippen molar-refractivity contribution in [3.05, 3.63) is 41.5 Å². The van der Waals surface area contributed by atoms with Gasteiger partial charge < -0.3 is 4.74 Å². The molecule has 2 nitrogen and oxygen atoms in total. The van der Waals surface area contributed by atoms with Crippen molar-refractivity contribution in [3.63, 3.8) is 0 Å². The number of rotatable bonds is 1. The van der Waals surface area contributed by atoms with E-state index in [1.165, 1.54) is 0 Å². The quantitative estimate of drug-likeness (QED) is 0.343. The molecule has 3 heteroatoms. The minimum absolute atomic E-state index is 0.0784. The number of ether oxygens (including phenoxy) is 1. The second kappa shape index (κ2) is 3.49. The van der Waals surface area contributed by atoms with E-state index < -0.39 is 0 Å². The van der Waals surface area contributed by atoms with Gasteiger partial charge >= 0.3 is 5.97 Å². The number of cyclic esters (lactones) is 1. The third kappa shape index (κ3) is 1.75. The van der Waals surface area contributed by atoms with Crippen LogP contribution in [0.4, 0.5) is 0 Å². The lowest BCUT2D eigenvalue weighted by atomic mass is 10.1. The molecule has 1 aromatic carbocycles. The molecule has 0 amide bonds. The summed E-state index contributed by atoms with van der Waals surface area (Å²) in [5.41, 5.74) is 1.78. The van der Waals surface area contributed by atoms with Crippen LogP contribution in [0.5, 0.6) is 0 Å². The minimum Gasteiger partial charge on any atom is -0.443 e. The fraction of sp³-hybridized carbons (Fsp3) is 0.100. The largest absolute Gasteiger partial charge is 0.443 e. The van der Waals surface area contributed by atoms with Crippen LogP contribution < -0.4 is 0 Å². The Hall–Kier alpha value is -0.840. The molecule has 13 heavy (non-hydrogen) atoms. The molecule has 1 atom stereocenters. The first-order chi connectivity index (χ1) is 6.27. The predicted octanol–water partition coefficient (Wildman–Crippen LogP) is 2.39. The lowest BCUT2D eigenvalue weighted by molar-refractivity contribution is -0.148. The molecule has 1 heterocycles. The second-order valence-corrected chi connectivity index (χ2v) is 3.86. The minimum atomic E-state index is -0.205. The van der Waals surface area contributed by atoms with Crippen LogP contribution >= 0.6 is 22.6 Å². The summed E-state index contributed by atoms with van der Waals surface area (Å²) >= 11 is 2.09. The molecule has 1 aliphatic rings. The lowest BCUT2D eigenvalue weighted by Gasteiger charge is -2.23. The van der Waals surface area contributed by atoms with Crippen molar-refractivity contribution in [2.75, 3.05) is 0 Å². The first-order valence-electron chi connectivity index (χ1n) is 3.89. The van der Waals surface area contributed by atoms with Gasteiger partial charge in [-0.2, -0.15) is 0 Å². The van der Waals surface area contributed by atoms with E-state index >= 15 is 0 Å². The second-order valence-electron chi connectivity index (χ2n) is 2.73. The Labute approximate surface area is 89.7 Å². The first-order valence-corrected chi connectivity index (χ1v) is 5.13. The van der Waals surface area contributed by atoms with Crippen molar-refractivity contribution in [1.29, 1.82) is 0 Å². The molecule has 0 spiro atoms. The number of alkyl halides is 1. The number of hydrogen-bond donors (Lipinski definition) is 0. The van der Waals surface area contributed by atoms with Crippen molar-refractivity contribution in [2.45, 2.75) is 4.11 Å². The number of halogens is 1. The van der Waals surface area contributed by atoms with E-state index in [4.69, 9.17) is 4.74 Å². The zero-order chi connectivity index (χ0) is 9.26. The van der Waals surface area contributed by atoms with Crippen LogP contribution in [-0.2, 0) is 9.53 Å². The van der Waals surface area contributed by atoms with Gasteiger partial charge in [0.25, 0.3) is 0 Å². The van der Waals surface area contributed by atoms with Gasteiger partial charge in [-0.3, -0.25) is 0 Å². The van der Waals surface area contributed by atoms with Gasteiger partial charge in [0.05, 0.1) is 5.57 Å². The summed E-state index contributed by atoms with van der Waals surface area (Å²) in [5.74, 6) is -0.205. The molecule has 0 saturated carbocycles. The molecular weight excluding hydrogens is 279 g/mol. The summed E-state index contributed by atoms with van der Waals surface area (Å²) in [6, 6.07) is 9.75. The molecular formula is C10H7IO2. The third-order valence-electron chi connectivity index (χ3n) is 1.81. The number of hydrogen-bond acceptors (Lipinski definition) is 2. The van der Waals surface area contributed by atoms with E-state index in [-0.39, 0.29) is 10.1 Å². The van der Waals surface area contributed by atoms with Crippen molar-refractivity contribution >= 4 is 34.6 Å². The highest BCUT2D eigenvalue weighted by molar-refractivity contribution is 14.1. The Morgan fingerprint density at radius 2 is 2.00 bits per heavy atom. The van der Waals surface area contributed by atoms with Gasteiger partial charge in [0.2, 0.25) is 0 Å². The first kappa shape index (κ1) is 8.74. The van der Waals surface area contributed by atoms with E-state index in [1.807, 2.05) is 36.4 Å². The topological polar surface area (TPSA) is 26.3 Å². The maximum Gasteiger partial charge on any atom is 0.340 e. The van der Waals surface area contributed by atoms with Crippen molar-refractivity contribution in [2.24, 2.45) is 0 Å². The van der Waals surface area contributed by atoms with Gasteiger partial charge in [0, 0.05) is 0 Å². The smallest absolute Gasteiger partial charge is 0.340 e. The molecule has 66 valence electrons. The highest BCUT2D eigenvalue weighted by atomic mass is 127. The van der Waals surface area contributed by atoms with Crippen LogP contribution in [0.25, 0.3) is 6.08 Å². The SMILES string of the molecule is O=C1OC(I)/C1=C/c1ccccc1. The highest BCUT2D eigenvalue weighted by Crippen LogP contribution is 2.28. The normalized spacial score (nSPS) is 23.9. The average molecular weight is 286 g/mol. The molecule has 1 fully saturated rings. The molecule has 1 saturated heterocycles. The van der Waals surface area contributed by atoms with Crippen molar-refractivity contribution in [3.8, 4) is 0 Å². The van der Waals surface area contributed by atoms with Crippen LogP contribution in [0.1, 0.15) is 5.56 Å². The predicted molar refractivity (Wildman–Crippen MR) is 58.3 cm³/mol. The van der Waals surface area contributed by atoms with Gasteiger partial charge in [0.1, 0.15) is 0 Å². The summed E-state index contributed by atoms with van der Waals surface area (Å²) in [6.45, 7) is 0. The third-order valence-corrected chi connectivity index (χ3v) is 2.74. The zero-order valence-corrected chi connectivity index (χ0v) is 8.89. The fourth-order valence-electron chi connectivity index (χ4n) is 1.11. The fourth-order valence-corrected chi connectivity index (χ4v) is 1.78. The molecule has 2 rings (SSSR count). The summed E-state index contributed by atoms with van der Waals surface area (Å²) in [4.78, 5) is 10.9. The number of carbonyl (C=O) groups is 1. The van der Waals surface area contributed by atoms with E-state index in [0.717, 1.165) is 11.1 Å². The van der Waals surface area contributed by atoms with Crippen molar-refractivity contribution < 1.29 is 9.53 Å². The lowest BCUT2D eigenvalue weighted by Crippen LogP contribution is -2.31. The Kier molecular flexibility index (Phi) is 2.35. The Balaban J connectivity index is 2.26. The molecule has 0 N–H and O–H groups in total. The number of benzene rings is 1. The van der Waals surface area contributed by atoms with Crippen LogP contribution in [0.15, 0.2) is 35.9 Å². The van der Waals surface area contributed by atoms with Crippen LogP contribution in [0, 0.1) is 0 Å². The maximum atomic E-state index is 10.9. The number of esters is 1. The van der Waals surface area contributed by atoms with Crippen LogP contribution in [-0.4, -0.2) is 10.1 Å². The highest BCUT2D eigenvalue weighted by Gasteiger charge is 2.33. The Morgan fingerprint density at radius 3 is 2.54 bits per heavy atom. The molecule has 1 aliphatic heterocycles. The van der Waals surface area contributed by atoms with E-state index in [2.05, 4.69) is 22.6 Å². The van der Waals surface area contributed by atoms with Crippen molar-refractivity contribution in [1.82, 2.24) is 0 Å². The van der Waals surface area contributed by atoms with Gasteiger partial charge in [-0.05, 0) is 34.2 Å². The van der Waals surface area contributed by atoms with Gasteiger partial charge in [-0.25, -0.2) is 4.79 Å². The molecule has 0 aliphatic carbocycles. The van der Waals surface area contributed by atoms with E-state index in [1.54, 1.807) is 0 Å². The van der Waals surface area contributed by atoms with Gasteiger partial charge in [-0.15, -0.1) is 0 Å².